The van der Waals surface area contributed by atoms with Crippen LogP contribution in [0.25, 0.3) is 11.0 Å². The lowest BCUT2D eigenvalue weighted by molar-refractivity contribution is 0.0629. The summed E-state index contributed by atoms with van der Waals surface area (Å²) in [7, 11) is 5.23. The molecule has 1 aliphatic heterocycles. The number of piperazine rings is 1. The molecule has 1 saturated heterocycles. The van der Waals surface area contributed by atoms with Gasteiger partial charge in [0, 0.05) is 51.0 Å². The second-order valence-corrected chi connectivity index (χ2v) is 8.90. The molecule has 0 aliphatic carbocycles. The number of benzene rings is 1. The van der Waals surface area contributed by atoms with Gasteiger partial charge in [-0.25, -0.2) is 4.98 Å². The molecule has 33 heavy (non-hydrogen) atoms. The number of pyridine rings is 1. The molecule has 176 valence electrons. The van der Waals surface area contributed by atoms with E-state index in [1.54, 1.807) is 18.9 Å². The second kappa shape index (κ2) is 9.39. The van der Waals surface area contributed by atoms with Gasteiger partial charge in [0.2, 0.25) is 0 Å². The van der Waals surface area contributed by atoms with E-state index in [2.05, 4.69) is 23.8 Å². The SMILES string of the molecule is COc1ccc(OC)c(CN2CCN(C(=O)c3cc(C(C)C)nc4c3c(C)nn4C)CC2)c1. The van der Waals surface area contributed by atoms with Crippen LogP contribution in [0, 0.1) is 6.92 Å². The fourth-order valence-electron chi connectivity index (χ4n) is 4.45. The van der Waals surface area contributed by atoms with Crippen molar-refractivity contribution in [2.75, 3.05) is 40.4 Å². The largest absolute Gasteiger partial charge is 0.497 e. The molecule has 8 nitrogen and oxygen atoms in total. The van der Waals surface area contributed by atoms with Crippen molar-refractivity contribution in [3.05, 3.63) is 46.8 Å². The Hall–Kier alpha value is -3.13. The molecule has 0 radical (unpaired) electrons. The standard InChI is InChI=1S/C25H33N5O3/c1-16(2)21-14-20(23-17(3)27-28(4)24(23)26-21)25(31)30-11-9-29(10-12-30)15-18-13-19(32-5)7-8-22(18)33-6/h7-8,13-14,16H,9-12,15H2,1-6H3. The number of ether oxygens (including phenoxy) is 2. The Morgan fingerprint density at radius 3 is 2.45 bits per heavy atom. The summed E-state index contributed by atoms with van der Waals surface area (Å²) in [6.45, 7) is 9.81. The van der Waals surface area contributed by atoms with Crippen LogP contribution < -0.4 is 9.47 Å². The van der Waals surface area contributed by atoms with Crippen molar-refractivity contribution in [3.8, 4) is 11.5 Å². The molecule has 0 N–H and O–H groups in total. The Bertz CT molecular complexity index is 1160. The van der Waals surface area contributed by atoms with Crippen LogP contribution in [0.4, 0.5) is 0 Å². The maximum Gasteiger partial charge on any atom is 0.254 e. The Labute approximate surface area is 195 Å². The molecule has 0 bridgehead atoms. The van der Waals surface area contributed by atoms with Gasteiger partial charge in [0.05, 0.1) is 30.9 Å². The molecule has 3 aromatic rings. The summed E-state index contributed by atoms with van der Waals surface area (Å²) in [5.74, 6) is 1.95. The number of aryl methyl sites for hydroxylation is 2. The molecule has 0 saturated carbocycles. The molecular formula is C25H33N5O3. The molecular weight excluding hydrogens is 418 g/mol. The van der Waals surface area contributed by atoms with E-state index in [1.165, 1.54) is 0 Å². The van der Waals surface area contributed by atoms with E-state index < -0.39 is 0 Å². The first kappa shape index (κ1) is 23.0. The summed E-state index contributed by atoms with van der Waals surface area (Å²) in [6.07, 6.45) is 0. The van der Waals surface area contributed by atoms with Gasteiger partial charge in [0.1, 0.15) is 11.5 Å². The summed E-state index contributed by atoms with van der Waals surface area (Å²) in [4.78, 5) is 22.7. The molecule has 1 aromatic carbocycles. The number of hydrogen-bond acceptors (Lipinski definition) is 6. The first-order chi connectivity index (χ1) is 15.8. The Morgan fingerprint density at radius 2 is 1.82 bits per heavy atom. The first-order valence-corrected chi connectivity index (χ1v) is 11.4. The van der Waals surface area contributed by atoms with Gasteiger partial charge in [-0.2, -0.15) is 5.10 Å². The number of methoxy groups -OCH3 is 2. The third-order valence-electron chi connectivity index (χ3n) is 6.35. The van der Waals surface area contributed by atoms with Crippen molar-refractivity contribution >= 4 is 16.9 Å². The van der Waals surface area contributed by atoms with E-state index in [-0.39, 0.29) is 11.8 Å². The molecule has 2 aromatic heterocycles. The van der Waals surface area contributed by atoms with Crippen molar-refractivity contribution in [3.63, 3.8) is 0 Å². The van der Waals surface area contributed by atoms with Crippen LogP contribution in [-0.2, 0) is 13.6 Å². The average molecular weight is 452 g/mol. The highest BCUT2D eigenvalue weighted by atomic mass is 16.5. The lowest BCUT2D eigenvalue weighted by Crippen LogP contribution is -2.48. The van der Waals surface area contributed by atoms with E-state index >= 15 is 0 Å². The third-order valence-corrected chi connectivity index (χ3v) is 6.35. The summed E-state index contributed by atoms with van der Waals surface area (Å²) < 4.78 is 12.7. The monoisotopic (exact) mass is 451 g/mol. The predicted molar refractivity (Wildman–Crippen MR) is 128 cm³/mol. The minimum absolute atomic E-state index is 0.0546. The van der Waals surface area contributed by atoms with Crippen LogP contribution >= 0.6 is 0 Å². The van der Waals surface area contributed by atoms with E-state index in [0.29, 0.717) is 18.7 Å². The normalized spacial score (nSPS) is 14.8. The van der Waals surface area contributed by atoms with Crippen LogP contribution in [0.15, 0.2) is 24.3 Å². The summed E-state index contributed by atoms with van der Waals surface area (Å²) in [5.41, 5.74) is 4.31. The number of nitrogens with zero attached hydrogens (tertiary/aromatic N) is 5. The van der Waals surface area contributed by atoms with E-state index in [4.69, 9.17) is 14.5 Å². The molecule has 3 heterocycles. The van der Waals surface area contributed by atoms with Crippen molar-refractivity contribution in [1.29, 1.82) is 0 Å². The van der Waals surface area contributed by atoms with Crippen molar-refractivity contribution < 1.29 is 14.3 Å². The van der Waals surface area contributed by atoms with Gasteiger partial charge in [-0.15, -0.1) is 0 Å². The van der Waals surface area contributed by atoms with Crippen LogP contribution in [-0.4, -0.2) is 70.9 Å². The number of aromatic nitrogens is 3. The summed E-state index contributed by atoms with van der Waals surface area (Å²) in [5, 5.41) is 5.38. The van der Waals surface area contributed by atoms with E-state index in [0.717, 1.165) is 59.1 Å². The molecule has 1 fully saturated rings. The topological polar surface area (TPSA) is 72.7 Å². The van der Waals surface area contributed by atoms with Crippen LogP contribution in [0.1, 0.15) is 47.1 Å². The van der Waals surface area contributed by atoms with Crippen molar-refractivity contribution in [2.24, 2.45) is 7.05 Å². The molecule has 4 rings (SSSR count). The van der Waals surface area contributed by atoms with Crippen LogP contribution in [0.5, 0.6) is 11.5 Å². The molecule has 0 unspecified atom stereocenters. The fourth-order valence-corrected chi connectivity index (χ4v) is 4.45. The highest BCUT2D eigenvalue weighted by molar-refractivity contribution is 6.06. The van der Waals surface area contributed by atoms with E-state index in [1.807, 2.05) is 43.1 Å². The summed E-state index contributed by atoms with van der Waals surface area (Å²) >= 11 is 0. The zero-order valence-electron chi connectivity index (χ0n) is 20.4. The van der Waals surface area contributed by atoms with Crippen LogP contribution in [0.3, 0.4) is 0 Å². The lowest BCUT2D eigenvalue weighted by atomic mass is 10.0. The van der Waals surface area contributed by atoms with Crippen LogP contribution in [0.2, 0.25) is 0 Å². The lowest BCUT2D eigenvalue weighted by Gasteiger charge is -2.35. The Balaban J connectivity index is 1.52. The maximum atomic E-state index is 13.6. The Morgan fingerprint density at radius 1 is 1.09 bits per heavy atom. The van der Waals surface area contributed by atoms with Crippen molar-refractivity contribution in [2.45, 2.75) is 33.2 Å². The summed E-state index contributed by atoms with van der Waals surface area (Å²) in [6, 6.07) is 7.81. The van der Waals surface area contributed by atoms with Gasteiger partial charge in [-0.1, -0.05) is 13.8 Å². The molecule has 1 aliphatic rings. The van der Waals surface area contributed by atoms with Gasteiger partial charge >= 0.3 is 0 Å². The molecule has 0 spiro atoms. The highest BCUT2D eigenvalue weighted by Gasteiger charge is 2.27. The molecule has 1 amide bonds. The van der Waals surface area contributed by atoms with Gasteiger partial charge in [-0.05, 0) is 37.1 Å². The zero-order valence-corrected chi connectivity index (χ0v) is 20.4. The second-order valence-electron chi connectivity index (χ2n) is 8.90. The van der Waals surface area contributed by atoms with Gasteiger partial charge in [0.15, 0.2) is 5.65 Å². The van der Waals surface area contributed by atoms with Gasteiger partial charge < -0.3 is 14.4 Å². The van der Waals surface area contributed by atoms with Gasteiger partial charge in [0.25, 0.3) is 5.91 Å². The number of amides is 1. The Kier molecular flexibility index (Phi) is 6.56. The molecule has 0 atom stereocenters. The number of hydrogen-bond donors (Lipinski definition) is 0. The number of fused-ring (bicyclic) bond motifs is 1. The number of rotatable bonds is 6. The predicted octanol–water partition coefficient (Wildman–Crippen LogP) is 3.38. The maximum absolute atomic E-state index is 13.6. The molecule has 8 heteroatoms. The van der Waals surface area contributed by atoms with E-state index in [9.17, 15) is 4.79 Å². The zero-order chi connectivity index (χ0) is 23.7. The third kappa shape index (κ3) is 4.53. The van der Waals surface area contributed by atoms with Gasteiger partial charge in [-0.3, -0.25) is 14.4 Å². The smallest absolute Gasteiger partial charge is 0.254 e. The fraction of sp³-hybridized carbons (Fsp3) is 0.480. The average Bonchev–Trinajstić information content (AvgIpc) is 3.11. The quantitative estimate of drug-likeness (QED) is 0.572. The highest BCUT2D eigenvalue weighted by Crippen LogP contribution is 2.28. The first-order valence-electron chi connectivity index (χ1n) is 11.4. The minimum atomic E-state index is 0.0546. The van der Waals surface area contributed by atoms with Crippen molar-refractivity contribution in [1.82, 2.24) is 24.6 Å². The number of carbonyl (C=O) groups is 1. The minimum Gasteiger partial charge on any atom is -0.497 e. The number of carbonyl (C=O) groups excluding carboxylic acids is 1.